The third-order valence-corrected chi connectivity index (χ3v) is 4.61. The number of nitriles is 1. The van der Waals surface area contributed by atoms with Crippen LogP contribution in [0, 0.1) is 11.3 Å². The van der Waals surface area contributed by atoms with Gasteiger partial charge in [-0.25, -0.2) is 9.78 Å². The Labute approximate surface area is 185 Å². The number of halogens is 3. The van der Waals surface area contributed by atoms with Crippen molar-refractivity contribution in [3.05, 3.63) is 67.3 Å². The molecule has 0 saturated heterocycles. The summed E-state index contributed by atoms with van der Waals surface area (Å²) in [7, 11) is 0. The summed E-state index contributed by atoms with van der Waals surface area (Å²) in [5.41, 5.74) is 3.75. The third-order valence-electron chi connectivity index (χ3n) is 4.61. The van der Waals surface area contributed by atoms with Crippen molar-refractivity contribution < 1.29 is 22.7 Å². The van der Waals surface area contributed by atoms with Crippen molar-refractivity contribution in [1.29, 1.82) is 5.26 Å². The lowest BCUT2D eigenvalue weighted by molar-refractivity contribution is -0.203. The number of hydrogen-bond donors (Lipinski definition) is 1. The molecule has 0 amide bonds. The minimum atomic E-state index is -5.18. The summed E-state index contributed by atoms with van der Waals surface area (Å²) in [6, 6.07) is 14.7. The first kappa shape index (κ1) is 21.8. The second-order valence-corrected chi connectivity index (χ2v) is 6.91. The molecule has 0 spiro atoms. The van der Waals surface area contributed by atoms with Gasteiger partial charge in [0.05, 0.1) is 24.6 Å². The summed E-state index contributed by atoms with van der Waals surface area (Å²) in [4.78, 5) is 22.9. The first-order valence-corrected chi connectivity index (χ1v) is 9.60. The van der Waals surface area contributed by atoms with E-state index in [-0.39, 0.29) is 6.54 Å². The zero-order valence-electron chi connectivity index (χ0n) is 16.8. The lowest BCUT2D eigenvalue weighted by Crippen LogP contribution is -2.31. The fourth-order valence-corrected chi connectivity index (χ4v) is 3.04. The molecule has 0 aliphatic carbocycles. The highest BCUT2D eigenvalue weighted by Gasteiger charge is 2.42. The number of rotatable bonds is 6. The van der Waals surface area contributed by atoms with Crippen LogP contribution in [0.5, 0.6) is 0 Å². The number of carbonyl (C=O) groups excluding carboxylic acids is 1. The maximum Gasteiger partial charge on any atom is 0.490 e. The Morgan fingerprint density at radius 3 is 2.64 bits per heavy atom. The number of alkyl halides is 3. The van der Waals surface area contributed by atoms with E-state index >= 15 is 0 Å². The quantitative estimate of drug-likeness (QED) is 0.443. The second-order valence-electron chi connectivity index (χ2n) is 6.91. The van der Waals surface area contributed by atoms with Crippen LogP contribution in [0.4, 0.5) is 13.2 Å². The summed E-state index contributed by atoms with van der Waals surface area (Å²) in [5, 5.41) is 13.1. The predicted molar refractivity (Wildman–Crippen MR) is 110 cm³/mol. The summed E-state index contributed by atoms with van der Waals surface area (Å²) in [6.45, 7) is -0.352. The number of carbonyl (C=O) groups is 1. The number of nitrogens with zero attached hydrogens (tertiary/aromatic N) is 5. The predicted octanol–water partition coefficient (Wildman–Crippen LogP) is 4.00. The largest absolute Gasteiger partial charge is 0.490 e. The lowest BCUT2D eigenvalue weighted by Gasteiger charge is -2.12. The molecule has 166 valence electrons. The third kappa shape index (κ3) is 5.07. The molecular weight excluding hydrogens is 437 g/mol. The minimum absolute atomic E-state index is 0.352. The van der Waals surface area contributed by atoms with Crippen LogP contribution in [0.15, 0.2) is 67.3 Å². The van der Waals surface area contributed by atoms with Crippen LogP contribution in [0.1, 0.15) is 0 Å². The first-order valence-electron chi connectivity index (χ1n) is 9.60. The SMILES string of the molecule is N#CC(Cn1cc(-c2ccnc(-c3ncc(-c4ccccc4)[nH]3)c2)cn1)OC(=O)C(F)(F)F. The number of H-pyrrole nitrogens is 1. The lowest BCUT2D eigenvalue weighted by atomic mass is 10.1. The van der Waals surface area contributed by atoms with E-state index in [0.717, 1.165) is 16.8 Å². The van der Waals surface area contributed by atoms with E-state index in [1.807, 2.05) is 30.3 Å². The molecule has 0 aliphatic heterocycles. The highest BCUT2D eigenvalue weighted by molar-refractivity contribution is 5.76. The average Bonchev–Trinajstić information content (AvgIpc) is 3.49. The number of aromatic amines is 1. The topological polar surface area (TPSA) is 109 Å². The highest BCUT2D eigenvalue weighted by Crippen LogP contribution is 2.25. The van der Waals surface area contributed by atoms with Crippen LogP contribution in [0.2, 0.25) is 0 Å². The van der Waals surface area contributed by atoms with Gasteiger partial charge in [0.15, 0.2) is 5.82 Å². The Bertz CT molecular complexity index is 1310. The number of nitrogens with one attached hydrogen (secondary N) is 1. The summed E-state index contributed by atoms with van der Waals surface area (Å²) in [5.74, 6) is -1.86. The fourth-order valence-electron chi connectivity index (χ4n) is 3.04. The molecule has 33 heavy (non-hydrogen) atoms. The molecule has 0 fully saturated rings. The van der Waals surface area contributed by atoms with Crippen LogP contribution in [0.3, 0.4) is 0 Å². The van der Waals surface area contributed by atoms with Gasteiger partial charge in [-0.3, -0.25) is 9.67 Å². The molecule has 1 N–H and O–H groups in total. The van der Waals surface area contributed by atoms with E-state index in [1.165, 1.54) is 23.1 Å². The Morgan fingerprint density at radius 2 is 1.91 bits per heavy atom. The minimum Gasteiger partial charge on any atom is -0.438 e. The van der Waals surface area contributed by atoms with Gasteiger partial charge in [-0.05, 0) is 23.3 Å². The van der Waals surface area contributed by atoms with Crippen molar-refractivity contribution in [2.75, 3.05) is 0 Å². The maximum atomic E-state index is 12.4. The van der Waals surface area contributed by atoms with Crippen molar-refractivity contribution >= 4 is 5.97 Å². The number of hydrogen-bond acceptors (Lipinski definition) is 6. The zero-order chi connectivity index (χ0) is 23.4. The number of benzene rings is 1. The molecule has 1 aromatic carbocycles. The first-order chi connectivity index (χ1) is 15.8. The summed E-state index contributed by atoms with van der Waals surface area (Å²) in [6.07, 6.45) is -0.500. The van der Waals surface area contributed by atoms with Gasteiger partial charge in [-0.2, -0.15) is 23.5 Å². The molecule has 4 aromatic rings. The van der Waals surface area contributed by atoms with Gasteiger partial charge in [-0.1, -0.05) is 30.3 Å². The van der Waals surface area contributed by atoms with Crippen LogP contribution >= 0.6 is 0 Å². The molecule has 0 saturated carbocycles. The van der Waals surface area contributed by atoms with E-state index < -0.39 is 18.2 Å². The van der Waals surface area contributed by atoms with Gasteiger partial charge in [-0.15, -0.1) is 0 Å². The van der Waals surface area contributed by atoms with E-state index in [9.17, 15) is 18.0 Å². The summed E-state index contributed by atoms with van der Waals surface area (Å²) >= 11 is 0. The number of imidazole rings is 1. The second kappa shape index (κ2) is 8.96. The Hall–Kier alpha value is -4.46. The van der Waals surface area contributed by atoms with Crippen LogP contribution in [0.25, 0.3) is 33.9 Å². The molecule has 1 unspecified atom stereocenters. The molecule has 4 rings (SSSR count). The molecule has 3 heterocycles. The van der Waals surface area contributed by atoms with Gasteiger partial charge >= 0.3 is 12.1 Å². The molecule has 3 aromatic heterocycles. The van der Waals surface area contributed by atoms with Crippen molar-refractivity contribution in [3.8, 4) is 40.0 Å². The van der Waals surface area contributed by atoms with Crippen molar-refractivity contribution in [3.63, 3.8) is 0 Å². The van der Waals surface area contributed by atoms with Gasteiger partial charge < -0.3 is 9.72 Å². The fraction of sp³-hybridized carbons (Fsp3) is 0.136. The maximum absolute atomic E-state index is 12.4. The van der Waals surface area contributed by atoms with E-state index in [1.54, 1.807) is 24.5 Å². The van der Waals surface area contributed by atoms with Crippen LogP contribution < -0.4 is 0 Å². The normalized spacial score (nSPS) is 12.2. The van der Waals surface area contributed by atoms with Crippen LogP contribution in [-0.4, -0.2) is 43.0 Å². The number of pyridine rings is 1. The Morgan fingerprint density at radius 1 is 1.12 bits per heavy atom. The molecule has 0 bridgehead atoms. The Balaban J connectivity index is 1.50. The summed E-state index contributed by atoms with van der Waals surface area (Å²) < 4.78 is 42.5. The van der Waals surface area contributed by atoms with Crippen LogP contribution in [-0.2, 0) is 16.1 Å². The average molecular weight is 452 g/mol. The number of esters is 1. The molecule has 1 atom stereocenters. The molecular formula is C22H15F3N6O2. The number of aromatic nitrogens is 5. The molecule has 0 aliphatic rings. The van der Waals surface area contributed by atoms with Gasteiger partial charge in [0.1, 0.15) is 11.8 Å². The van der Waals surface area contributed by atoms with Crippen molar-refractivity contribution in [2.45, 2.75) is 18.8 Å². The van der Waals surface area contributed by atoms with Gasteiger partial charge in [0.25, 0.3) is 0 Å². The van der Waals surface area contributed by atoms with Gasteiger partial charge in [0, 0.05) is 18.0 Å². The standard InChI is InChI=1S/C22H15F3N6O2/c23-22(24,25)21(32)33-17(9-26)13-31-12-16(10-29-31)15-6-7-27-18(8-15)20-28-11-19(30-20)14-4-2-1-3-5-14/h1-8,10-12,17H,13H2,(H,28,30). The van der Waals surface area contributed by atoms with E-state index in [0.29, 0.717) is 17.1 Å². The van der Waals surface area contributed by atoms with Crippen molar-refractivity contribution in [2.24, 2.45) is 0 Å². The molecule has 11 heteroatoms. The molecule has 0 radical (unpaired) electrons. The van der Waals surface area contributed by atoms with E-state index in [2.05, 4.69) is 24.8 Å². The number of ether oxygens (including phenoxy) is 1. The zero-order valence-corrected chi connectivity index (χ0v) is 16.8. The Kier molecular flexibility index (Phi) is 5.91. The van der Waals surface area contributed by atoms with Crippen molar-refractivity contribution in [1.82, 2.24) is 24.7 Å². The smallest absolute Gasteiger partial charge is 0.438 e. The highest BCUT2D eigenvalue weighted by atomic mass is 19.4. The van der Waals surface area contributed by atoms with E-state index in [4.69, 9.17) is 5.26 Å². The molecule has 8 nitrogen and oxygen atoms in total. The monoisotopic (exact) mass is 452 g/mol. The van der Waals surface area contributed by atoms with Gasteiger partial charge in [0.2, 0.25) is 6.10 Å².